The summed E-state index contributed by atoms with van der Waals surface area (Å²) in [6.07, 6.45) is 0. The first-order valence-electron chi connectivity index (χ1n) is 7.29. The second-order valence-electron chi connectivity index (χ2n) is 5.27. The summed E-state index contributed by atoms with van der Waals surface area (Å²) in [5.41, 5.74) is 2.20. The van der Waals surface area contributed by atoms with Crippen molar-refractivity contribution in [2.45, 2.75) is 13.1 Å². The molecular formula is C17H22N2O3S. The topological polar surface area (TPSA) is 50.8 Å². The van der Waals surface area contributed by atoms with Gasteiger partial charge in [0, 0.05) is 13.1 Å². The summed E-state index contributed by atoms with van der Waals surface area (Å²) in [5.74, 6) is 1.34. The van der Waals surface area contributed by atoms with Crippen LogP contribution in [-0.2, 0) is 17.9 Å². The van der Waals surface area contributed by atoms with Gasteiger partial charge >= 0.3 is 0 Å². The van der Waals surface area contributed by atoms with Crippen LogP contribution >= 0.6 is 11.3 Å². The van der Waals surface area contributed by atoms with Gasteiger partial charge in [0.15, 0.2) is 11.5 Å². The Morgan fingerprint density at radius 2 is 1.96 bits per heavy atom. The summed E-state index contributed by atoms with van der Waals surface area (Å²) in [7, 11) is 5.13. The Bertz CT molecular complexity index is 629. The number of benzene rings is 1. The van der Waals surface area contributed by atoms with Crippen LogP contribution in [0.25, 0.3) is 0 Å². The van der Waals surface area contributed by atoms with E-state index in [9.17, 15) is 4.79 Å². The van der Waals surface area contributed by atoms with Crippen molar-refractivity contribution in [1.29, 1.82) is 0 Å². The highest BCUT2D eigenvalue weighted by Gasteiger charge is 2.09. The number of thiophene rings is 1. The number of nitrogens with one attached hydrogen (secondary N) is 1. The van der Waals surface area contributed by atoms with Gasteiger partial charge in [-0.15, -0.1) is 0 Å². The van der Waals surface area contributed by atoms with Gasteiger partial charge in [0.05, 0.1) is 20.8 Å². The van der Waals surface area contributed by atoms with Gasteiger partial charge in [-0.1, -0.05) is 6.07 Å². The molecule has 5 nitrogen and oxygen atoms in total. The molecule has 0 aliphatic carbocycles. The fourth-order valence-electron chi connectivity index (χ4n) is 2.24. The van der Waals surface area contributed by atoms with E-state index in [1.165, 1.54) is 5.56 Å². The third-order valence-electron chi connectivity index (χ3n) is 3.38. The van der Waals surface area contributed by atoms with Gasteiger partial charge in [0.25, 0.3) is 0 Å². The van der Waals surface area contributed by atoms with Gasteiger partial charge < -0.3 is 14.8 Å². The van der Waals surface area contributed by atoms with Crippen molar-refractivity contribution >= 4 is 17.2 Å². The van der Waals surface area contributed by atoms with E-state index >= 15 is 0 Å². The Hall–Kier alpha value is -2.05. The van der Waals surface area contributed by atoms with E-state index in [0.29, 0.717) is 24.6 Å². The number of amides is 1. The lowest BCUT2D eigenvalue weighted by molar-refractivity contribution is -0.122. The third kappa shape index (κ3) is 5.26. The molecule has 0 aliphatic heterocycles. The lowest BCUT2D eigenvalue weighted by Gasteiger charge is -2.16. The van der Waals surface area contributed by atoms with Crippen molar-refractivity contribution in [3.63, 3.8) is 0 Å². The fraction of sp³-hybridized carbons (Fsp3) is 0.353. The number of carbonyl (C=O) groups is 1. The van der Waals surface area contributed by atoms with Crippen molar-refractivity contribution in [2.75, 3.05) is 27.8 Å². The summed E-state index contributed by atoms with van der Waals surface area (Å²) in [6.45, 7) is 1.60. The van der Waals surface area contributed by atoms with E-state index in [1.54, 1.807) is 25.6 Å². The predicted octanol–water partition coefficient (Wildman–Crippen LogP) is 2.51. The molecule has 0 spiro atoms. The maximum absolute atomic E-state index is 12.0. The molecule has 0 radical (unpaired) electrons. The zero-order valence-corrected chi connectivity index (χ0v) is 14.5. The lowest BCUT2D eigenvalue weighted by Crippen LogP contribution is -2.34. The van der Waals surface area contributed by atoms with Crippen molar-refractivity contribution in [2.24, 2.45) is 0 Å². The maximum atomic E-state index is 12.0. The van der Waals surface area contributed by atoms with Crippen LogP contribution < -0.4 is 14.8 Å². The van der Waals surface area contributed by atoms with Crippen LogP contribution in [0.3, 0.4) is 0 Å². The Morgan fingerprint density at radius 3 is 2.61 bits per heavy atom. The first-order valence-corrected chi connectivity index (χ1v) is 8.24. The SMILES string of the molecule is COc1ccc(CNC(=O)CN(C)Cc2ccsc2)cc1OC. The highest BCUT2D eigenvalue weighted by atomic mass is 32.1. The zero-order valence-electron chi connectivity index (χ0n) is 13.7. The van der Waals surface area contributed by atoms with E-state index in [1.807, 2.05) is 35.5 Å². The monoisotopic (exact) mass is 334 g/mol. The van der Waals surface area contributed by atoms with Crippen molar-refractivity contribution in [3.05, 3.63) is 46.2 Å². The second-order valence-corrected chi connectivity index (χ2v) is 6.05. The lowest BCUT2D eigenvalue weighted by atomic mass is 10.2. The molecule has 2 aromatic rings. The van der Waals surface area contributed by atoms with E-state index in [2.05, 4.69) is 16.8 Å². The second kappa shape index (κ2) is 8.55. The molecule has 0 saturated heterocycles. The third-order valence-corrected chi connectivity index (χ3v) is 4.12. The van der Waals surface area contributed by atoms with Crippen molar-refractivity contribution < 1.29 is 14.3 Å². The molecule has 124 valence electrons. The Kier molecular flexibility index (Phi) is 6.43. The number of ether oxygens (including phenoxy) is 2. The number of nitrogens with zero attached hydrogens (tertiary/aromatic N) is 1. The predicted molar refractivity (Wildman–Crippen MR) is 92.0 cm³/mol. The minimum atomic E-state index is -0.00230. The minimum absolute atomic E-state index is 0.00230. The first kappa shape index (κ1) is 17.3. The number of hydrogen-bond acceptors (Lipinski definition) is 5. The summed E-state index contributed by atoms with van der Waals surface area (Å²) >= 11 is 1.67. The van der Waals surface area contributed by atoms with Crippen LogP contribution in [0.15, 0.2) is 35.0 Å². The normalized spacial score (nSPS) is 10.6. The Labute approximate surface area is 140 Å². The number of hydrogen-bond donors (Lipinski definition) is 1. The highest BCUT2D eigenvalue weighted by molar-refractivity contribution is 7.07. The zero-order chi connectivity index (χ0) is 16.7. The molecule has 0 fully saturated rings. The number of methoxy groups -OCH3 is 2. The summed E-state index contributed by atoms with van der Waals surface area (Å²) in [5, 5.41) is 7.06. The molecule has 0 saturated carbocycles. The Balaban J connectivity index is 1.82. The summed E-state index contributed by atoms with van der Waals surface area (Å²) in [4.78, 5) is 14.0. The van der Waals surface area contributed by atoms with E-state index < -0.39 is 0 Å². The number of rotatable bonds is 8. The van der Waals surface area contributed by atoms with Gasteiger partial charge in [0.1, 0.15) is 0 Å². The smallest absolute Gasteiger partial charge is 0.234 e. The van der Waals surface area contributed by atoms with Crippen LogP contribution in [0.5, 0.6) is 11.5 Å². The molecule has 0 unspecified atom stereocenters. The van der Waals surface area contributed by atoms with Gasteiger partial charge in [-0.2, -0.15) is 11.3 Å². The molecule has 0 aliphatic rings. The molecule has 0 atom stereocenters. The molecule has 1 aromatic carbocycles. The largest absolute Gasteiger partial charge is 0.493 e. The van der Waals surface area contributed by atoms with Gasteiger partial charge in [-0.3, -0.25) is 9.69 Å². The minimum Gasteiger partial charge on any atom is -0.493 e. The van der Waals surface area contributed by atoms with E-state index in [4.69, 9.17) is 9.47 Å². The van der Waals surface area contributed by atoms with Gasteiger partial charge in [-0.05, 0) is 47.1 Å². The molecule has 1 N–H and O–H groups in total. The van der Waals surface area contributed by atoms with E-state index in [-0.39, 0.29) is 5.91 Å². The standard InChI is InChI=1S/C17H22N2O3S/c1-19(10-14-6-7-23-12-14)11-17(20)18-9-13-4-5-15(21-2)16(8-13)22-3/h4-8,12H,9-11H2,1-3H3,(H,18,20). The van der Waals surface area contributed by atoms with Gasteiger partial charge in [0.2, 0.25) is 5.91 Å². The molecule has 1 heterocycles. The van der Waals surface area contributed by atoms with Crippen LogP contribution in [0.2, 0.25) is 0 Å². The average molecular weight is 334 g/mol. The van der Waals surface area contributed by atoms with Crippen molar-refractivity contribution in [3.8, 4) is 11.5 Å². The maximum Gasteiger partial charge on any atom is 0.234 e. The van der Waals surface area contributed by atoms with E-state index in [0.717, 1.165) is 12.1 Å². The molecule has 1 amide bonds. The molecule has 6 heteroatoms. The molecule has 1 aromatic heterocycles. The quantitative estimate of drug-likeness (QED) is 0.806. The summed E-state index contributed by atoms with van der Waals surface area (Å²) < 4.78 is 10.5. The highest BCUT2D eigenvalue weighted by Crippen LogP contribution is 2.27. The average Bonchev–Trinajstić information content (AvgIpc) is 3.05. The summed E-state index contributed by atoms with van der Waals surface area (Å²) in [6, 6.07) is 7.69. The molecule has 23 heavy (non-hydrogen) atoms. The fourth-order valence-corrected chi connectivity index (χ4v) is 2.90. The molecular weight excluding hydrogens is 312 g/mol. The van der Waals surface area contributed by atoms with Crippen LogP contribution in [0.1, 0.15) is 11.1 Å². The molecule has 0 bridgehead atoms. The first-order chi connectivity index (χ1) is 11.1. The number of likely N-dealkylation sites (N-methyl/N-ethyl adjacent to an activating group) is 1. The van der Waals surface area contributed by atoms with Crippen LogP contribution in [0, 0.1) is 0 Å². The molecule has 2 rings (SSSR count). The van der Waals surface area contributed by atoms with Gasteiger partial charge in [-0.25, -0.2) is 0 Å². The Morgan fingerprint density at radius 1 is 1.17 bits per heavy atom. The van der Waals surface area contributed by atoms with Crippen LogP contribution in [-0.4, -0.2) is 38.6 Å². The number of carbonyl (C=O) groups excluding carboxylic acids is 1. The van der Waals surface area contributed by atoms with Crippen LogP contribution in [0.4, 0.5) is 0 Å². The van der Waals surface area contributed by atoms with Crippen molar-refractivity contribution in [1.82, 2.24) is 10.2 Å².